The molecule has 88 valence electrons. The monoisotopic (exact) mass is 241 g/mol. The highest BCUT2D eigenvalue weighted by atomic mass is 31.2. The third kappa shape index (κ3) is 2.85. The minimum absolute atomic E-state index is 0.313. The standard InChI is InChI=1S/C11H16NO3P/c1-9-6-14-16(13,15-7-9)8-10-2-4-11(12)5-3-10/h2-5,9H,6-8,12H2,1H3. The smallest absolute Gasteiger partial charge is 0.335 e. The Morgan fingerprint density at radius 3 is 2.44 bits per heavy atom. The highest BCUT2D eigenvalue weighted by Gasteiger charge is 2.30. The molecule has 0 bridgehead atoms. The summed E-state index contributed by atoms with van der Waals surface area (Å²) >= 11 is 0. The molecule has 1 fully saturated rings. The number of hydrogen-bond acceptors (Lipinski definition) is 4. The van der Waals surface area contributed by atoms with E-state index in [4.69, 9.17) is 14.8 Å². The zero-order chi connectivity index (χ0) is 11.6. The van der Waals surface area contributed by atoms with Crippen LogP contribution in [0.25, 0.3) is 0 Å². The van der Waals surface area contributed by atoms with Crippen molar-refractivity contribution in [2.75, 3.05) is 18.9 Å². The summed E-state index contributed by atoms with van der Waals surface area (Å²) in [6, 6.07) is 7.27. The zero-order valence-corrected chi connectivity index (χ0v) is 10.2. The second-order valence-electron chi connectivity index (χ2n) is 4.21. The summed E-state index contributed by atoms with van der Waals surface area (Å²) < 4.78 is 22.8. The van der Waals surface area contributed by atoms with E-state index in [9.17, 15) is 4.57 Å². The lowest BCUT2D eigenvalue weighted by atomic mass is 10.2. The molecule has 0 radical (unpaired) electrons. The van der Waals surface area contributed by atoms with Crippen LogP contribution in [0.15, 0.2) is 24.3 Å². The van der Waals surface area contributed by atoms with Gasteiger partial charge in [-0.3, -0.25) is 4.57 Å². The molecule has 1 saturated heterocycles. The van der Waals surface area contributed by atoms with Crippen LogP contribution in [0.4, 0.5) is 5.69 Å². The van der Waals surface area contributed by atoms with Crippen molar-refractivity contribution in [2.24, 2.45) is 5.92 Å². The molecule has 2 rings (SSSR count). The summed E-state index contributed by atoms with van der Waals surface area (Å²) in [5.41, 5.74) is 7.20. The summed E-state index contributed by atoms with van der Waals surface area (Å²) in [6.07, 6.45) is 0.319. The average Bonchev–Trinajstić information content (AvgIpc) is 2.27. The first kappa shape index (κ1) is 11.6. The molecule has 0 aliphatic carbocycles. The molecule has 1 aromatic carbocycles. The Bertz CT molecular complexity index is 392. The summed E-state index contributed by atoms with van der Waals surface area (Å²) in [6.45, 7) is 3.02. The van der Waals surface area contributed by atoms with E-state index in [-0.39, 0.29) is 0 Å². The summed E-state index contributed by atoms with van der Waals surface area (Å²) in [7, 11) is -2.93. The summed E-state index contributed by atoms with van der Waals surface area (Å²) in [5, 5.41) is 0. The van der Waals surface area contributed by atoms with E-state index >= 15 is 0 Å². The van der Waals surface area contributed by atoms with Crippen LogP contribution in [0.3, 0.4) is 0 Å². The van der Waals surface area contributed by atoms with E-state index in [1.807, 2.05) is 19.1 Å². The Kier molecular flexibility index (Phi) is 3.33. The molecule has 16 heavy (non-hydrogen) atoms. The zero-order valence-electron chi connectivity index (χ0n) is 9.26. The van der Waals surface area contributed by atoms with Gasteiger partial charge in [0.05, 0.1) is 19.4 Å². The van der Waals surface area contributed by atoms with Crippen LogP contribution in [0.5, 0.6) is 0 Å². The lowest BCUT2D eigenvalue weighted by Gasteiger charge is -2.26. The quantitative estimate of drug-likeness (QED) is 0.638. The predicted octanol–water partition coefficient (Wildman–Crippen LogP) is 2.64. The van der Waals surface area contributed by atoms with Crippen molar-refractivity contribution >= 4 is 13.3 Å². The fourth-order valence-corrected chi connectivity index (χ4v) is 3.38. The van der Waals surface area contributed by atoms with Crippen molar-refractivity contribution in [3.05, 3.63) is 29.8 Å². The molecule has 4 nitrogen and oxygen atoms in total. The molecule has 0 saturated carbocycles. The molecule has 2 N–H and O–H groups in total. The Labute approximate surface area is 95.3 Å². The average molecular weight is 241 g/mol. The van der Waals surface area contributed by atoms with Gasteiger partial charge in [-0.15, -0.1) is 0 Å². The highest BCUT2D eigenvalue weighted by Crippen LogP contribution is 2.54. The highest BCUT2D eigenvalue weighted by molar-refractivity contribution is 7.53. The van der Waals surface area contributed by atoms with Crippen LogP contribution < -0.4 is 5.73 Å². The van der Waals surface area contributed by atoms with Crippen LogP contribution >= 0.6 is 7.60 Å². The fraction of sp³-hybridized carbons (Fsp3) is 0.455. The van der Waals surface area contributed by atoms with Crippen molar-refractivity contribution in [3.63, 3.8) is 0 Å². The Hall–Kier alpha value is -0.830. The summed E-state index contributed by atoms with van der Waals surface area (Å²) in [5.74, 6) is 0.313. The van der Waals surface area contributed by atoms with E-state index in [1.54, 1.807) is 12.1 Å². The molecular weight excluding hydrogens is 225 g/mol. The van der Waals surface area contributed by atoms with Crippen molar-refractivity contribution in [1.29, 1.82) is 0 Å². The third-order valence-corrected chi connectivity index (χ3v) is 4.30. The number of benzene rings is 1. The number of nitrogens with two attached hydrogens (primary N) is 1. The topological polar surface area (TPSA) is 61.5 Å². The third-order valence-electron chi connectivity index (χ3n) is 2.47. The van der Waals surface area contributed by atoms with Crippen LogP contribution in [-0.2, 0) is 19.8 Å². The number of anilines is 1. The van der Waals surface area contributed by atoms with E-state index in [0.29, 0.717) is 31.0 Å². The molecule has 0 atom stereocenters. The molecule has 0 aromatic heterocycles. The second-order valence-corrected chi connectivity index (χ2v) is 6.26. The van der Waals surface area contributed by atoms with Crippen molar-refractivity contribution in [3.8, 4) is 0 Å². The SMILES string of the molecule is CC1COP(=O)(Cc2ccc(N)cc2)OC1. The van der Waals surface area contributed by atoms with Crippen molar-refractivity contribution in [1.82, 2.24) is 0 Å². The van der Waals surface area contributed by atoms with Crippen LogP contribution in [-0.4, -0.2) is 13.2 Å². The lowest BCUT2D eigenvalue weighted by molar-refractivity contribution is 0.101. The molecule has 1 aromatic rings. The van der Waals surface area contributed by atoms with E-state index in [1.165, 1.54) is 0 Å². The molecule has 0 spiro atoms. The fourth-order valence-electron chi connectivity index (χ4n) is 1.50. The first-order valence-corrected chi connectivity index (χ1v) is 7.03. The van der Waals surface area contributed by atoms with Gasteiger partial charge in [0, 0.05) is 11.6 Å². The molecule has 0 unspecified atom stereocenters. The number of hydrogen-bond donors (Lipinski definition) is 1. The van der Waals surface area contributed by atoms with Gasteiger partial charge in [-0.1, -0.05) is 19.1 Å². The minimum atomic E-state index is -2.93. The molecular formula is C11H16NO3P. The van der Waals surface area contributed by atoms with E-state index < -0.39 is 7.60 Å². The largest absolute Gasteiger partial charge is 0.399 e. The Morgan fingerprint density at radius 2 is 1.88 bits per heavy atom. The van der Waals surface area contributed by atoms with Crippen molar-refractivity contribution < 1.29 is 13.6 Å². The van der Waals surface area contributed by atoms with E-state index in [2.05, 4.69) is 0 Å². The second kappa shape index (κ2) is 4.58. The van der Waals surface area contributed by atoms with Crippen LogP contribution in [0, 0.1) is 5.92 Å². The maximum Gasteiger partial charge on any atom is 0.335 e. The van der Waals surface area contributed by atoms with Crippen LogP contribution in [0.2, 0.25) is 0 Å². The molecule has 1 aliphatic rings. The molecule has 1 heterocycles. The molecule has 0 amide bonds. The summed E-state index contributed by atoms with van der Waals surface area (Å²) in [4.78, 5) is 0. The maximum absolute atomic E-state index is 12.2. The van der Waals surface area contributed by atoms with Gasteiger partial charge in [0.2, 0.25) is 0 Å². The van der Waals surface area contributed by atoms with Crippen LogP contribution in [0.1, 0.15) is 12.5 Å². The van der Waals surface area contributed by atoms with Gasteiger partial charge < -0.3 is 14.8 Å². The van der Waals surface area contributed by atoms with Gasteiger partial charge >= 0.3 is 7.60 Å². The Balaban J connectivity index is 2.04. The van der Waals surface area contributed by atoms with Gasteiger partial charge in [-0.05, 0) is 17.7 Å². The Morgan fingerprint density at radius 1 is 1.31 bits per heavy atom. The van der Waals surface area contributed by atoms with Gasteiger partial charge in [0.25, 0.3) is 0 Å². The van der Waals surface area contributed by atoms with Gasteiger partial charge in [-0.25, -0.2) is 0 Å². The van der Waals surface area contributed by atoms with Crippen molar-refractivity contribution in [2.45, 2.75) is 13.1 Å². The number of rotatable bonds is 2. The van der Waals surface area contributed by atoms with E-state index in [0.717, 1.165) is 5.56 Å². The molecule has 1 aliphatic heterocycles. The number of nitrogen functional groups attached to an aromatic ring is 1. The van der Waals surface area contributed by atoms with Gasteiger partial charge in [0.15, 0.2) is 0 Å². The lowest BCUT2D eigenvalue weighted by Crippen LogP contribution is -2.18. The normalized spacial score (nSPS) is 30.2. The van der Waals surface area contributed by atoms with Gasteiger partial charge in [-0.2, -0.15) is 0 Å². The molecule has 5 heteroatoms. The first-order valence-electron chi connectivity index (χ1n) is 5.30. The minimum Gasteiger partial charge on any atom is -0.399 e. The maximum atomic E-state index is 12.2. The predicted molar refractivity (Wildman–Crippen MR) is 63.2 cm³/mol. The first-order chi connectivity index (χ1) is 7.57. The van der Waals surface area contributed by atoms with Gasteiger partial charge in [0.1, 0.15) is 0 Å².